The Morgan fingerprint density at radius 2 is 2.00 bits per heavy atom. The van der Waals surface area contributed by atoms with Crippen LogP contribution in [0.25, 0.3) is 0 Å². The van der Waals surface area contributed by atoms with Crippen LogP contribution in [0, 0.1) is 0 Å². The lowest BCUT2D eigenvalue weighted by molar-refractivity contribution is -0.0855. The van der Waals surface area contributed by atoms with Gasteiger partial charge in [0.2, 0.25) is 0 Å². The Balaban J connectivity index is 2.13. The summed E-state index contributed by atoms with van der Waals surface area (Å²) in [6, 6.07) is 5.16. The summed E-state index contributed by atoms with van der Waals surface area (Å²) in [4.78, 5) is 12.4. The van der Waals surface area contributed by atoms with Crippen LogP contribution in [0.4, 0.5) is 5.69 Å². The molecule has 1 heterocycles. The number of carbonyl (C=O) groups excluding carboxylic acids is 1. The van der Waals surface area contributed by atoms with E-state index >= 15 is 0 Å². The second-order valence-corrected chi connectivity index (χ2v) is 5.41. The second kappa shape index (κ2) is 6.80. The van der Waals surface area contributed by atoms with Crippen LogP contribution in [-0.2, 0) is 9.47 Å². The Hall–Kier alpha value is -1.75. The van der Waals surface area contributed by atoms with Gasteiger partial charge in [0, 0.05) is 18.5 Å². The fraction of sp³-hybridized carbons (Fsp3) is 0.562. The summed E-state index contributed by atoms with van der Waals surface area (Å²) in [5.41, 5.74) is 6.59. The van der Waals surface area contributed by atoms with Crippen LogP contribution in [0.2, 0.25) is 0 Å². The summed E-state index contributed by atoms with van der Waals surface area (Å²) in [5.74, 6) is 0.0403. The van der Waals surface area contributed by atoms with Crippen molar-refractivity contribution >= 4 is 11.7 Å². The van der Waals surface area contributed by atoms with Gasteiger partial charge in [-0.2, -0.15) is 0 Å². The molecule has 2 N–H and O–H groups in total. The third-order valence-electron chi connectivity index (χ3n) is 3.49. The van der Waals surface area contributed by atoms with Crippen LogP contribution in [0.3, 0.4) is 0 Å². The highest BCUT2D eigenvalue weighted by atomic mass is 16.6. The number of rotatable bonds is 4. The molecule has 0 aliphatic carbocycles. The molecule has 1 aliphatic heterocycles. The largest absolute Gasteiger partial charge is 0.493 e. The zero-order valence-electron chi connectivity index (χ0n) is 12.8. The van der Waals surface area contributed by atoms with Crippen molar-refractivity contribution in [3.05, 3.63) is 23.8 Å². The number of benzene rings is 1. The maximum Gasteiger partial charge on any atom is 0.344 e. The molecular weight excluding hydrogens is 270 g/mol. The van der Waals surface area contributed by atoms with Crippen molar-refractivity contribution in [1.82, 2.24) is 0 Å². The van der Waals surface area contributed by atoms with Gasteiger partial charge < -0.3 is 19.9 Å². The molecule has 116 valence electrons. The van der Waals surface area contributed by atoms with E-state index in [4.69, 9.17) is 19.9 Å². The minimum atomic E-state index is -0.428. The fourth-order valence-electron chi connectivity index (χ4n) is 2.69. The number of hydrogen-bond acceptors (Lipinski definition) is 5. The molecule has 5 nitrogen and oxygen atoms in total. The summed E-state index contributed by atoms with van der Waals surface area (Å²) in [6.45, 7) is 6.30. The normalized spacial score (nSPS) is 25.4. The number of anilines is 1. The molecule has 1 fully saturated rings. The van der Waals surface area contributed by atoms with Gasteiger partial charge in [-0.1, -0.05) is 6.07 Å². The van der Waals surface area contributed by atoms with Gasteiger partial charge in [-0.15, -0.1) is 0 Å². The number of esters is 1. The first-order valence-corrected chi connectivity index (χ1v) is 7.39. The number of carbonyl (C=O) groups is 1. The molecule has 0 spiro atoms. The highest BCUT2D eigenvalue weighted by Crippen LogP contribution is 2.28. The third-order valence-corrected chi connectivity index (χ3v) is 3.49. The zero-order chi connectivity index (χ0) is 15.4. The second-order valence-electron chi connectivity index (χ2n) is 5.41. The van der Waals surface area contributed by atoms with E-state index < -0.39 is 5.97 Å². The Kier molecular flexibility index (Phi) is 5.07. The van der Waals surface area contributed by atoms with Crippen molar-refractivity contribution in [3.63, 3.8) is 0 Å². The molecule has 0 radical (unpaired) electrons. The highest BCUT2D eigenvalue weighted by Gasteiger charge is 2.29. The Morgan fingerprint density at radius 3 is 2.62 bits per heavy atom. The predicted molar refractivity (Wildman–Crippen MR) is 80.5 cm³/mol. The summed E-state index contributed by atoms with van der Waals surface area (Å²) in [7, 11) is 0. The number of ether oxygens (including phenoxy) is 3. The molecule has 5 heteroatoms. The fourth-order valence-corrected chi connectivity index (χ4v) is 2.69. The zero-order valence-corrected chi connectivity index (χ0v) is 12.8. The molecule has 0 saturated carbocycles. The van der Waals surface area contributed by atoms with Crippen LogP contribution in [0.5, 0.6) is 5.75 Å². The third kappa shape index (κ3) is 3.88. The average molecular weight is 293 g/mol. The van der Waals surface area contributed by atoms with Gasteiger partial charge >= 0.3 is 5.97 Å². The highest BCUT2D eigenvalue weighted by molar-refractivity contribution is 5.98. The van der Waals surface area contributed by atoms with Crippen molar-refractivity contribution in [1.29, 1.82) is 0 Å². The quantitative estimate of drug-likeness (QED) is 0.682. The van der Waals surface area contributed by atoms with Crippen molar-refractivity contribution in [2.75, 3.05) is 12.3 Å². The van der Waals surface area contributed by atoms with Crippen LogP contribution in [0.15, 0.2) is 18.2 Å². The smallest absolute Gasteiger partial charge is 0.344 e. The van der Waals surface area contributed by atoms with E-state index in [1.807, 2.05) is 20.8 Å². The van der Waals surface area contributed by atoms with Crippen LogP contribution < -0.4 is 10.5 Å². The Morgan fingerprint density at radius 1 is 1.33 bits per heavy atom. The van der Waals surface area contributed by atoms with E-state index in [1.165, 1.54) is 0 Å². The molecule has 1 aliphatic rings. The lowest BCUT2D eigenvalue weighted by Crippen LogP contribution is -2.35. The molecule has 0 aromatic heterocycles. The van der Waals surface area contributed by atoms with Gasteiger partial charge in [-0.25, -0.2) is 4.79 Å². The Bertz CT molecular complexity index is 493. The maximum atomic E-state index is 12.4. The van der Waals surface area contributed by atoms with Crippen LogP contribution in [-0.4, -0.2) is 30.9 Å². The summed E-state index contributed by atoms with van der Waals surface area (Å²) >= 11 is 0. The monoisotopic (exact) mass is 293 g/mol. The van der Waals surface area contributed by atoms with E-state index in [-0.39, 0.29) is 18.3 Å². The lowest BCUT2D eigenvalue weighted by atomic mass is 10.0. The number of nitrogens with two attached hydrogens (primary N) is 1. The average Bonchev–Trinajstić information content (AvgIpc) is 2.37. The standard InChI is InChI=1S/C16H23NO4/c1-4-19-14-7-5-6-13(17)15(14)16(18)21-12-8-10(2)20-11(3)9-12/h5-7,10-12H,4,8-9,17H2,1-3H3. The van der Waals surface area contributed by atoms with Crippen molar-refractivity contribution in [3.8, 4) is 5.75 Å². The van der Waals surface area contributed by atoms with Gasteiger partial charge in [-0.05, 0) is 32.9 Å². The van der Waals surface area contributed by atoms with E-state index in [1.54, 1.807) is 18.2 Å². The molecule has 2 atom stereocenters. The number of nitrogen functional groups attached to an aromatic ring is 1. The predicted octanol–water partition coefficient (Wildman–Crippen LogP) is 2.78. The van der Waals surface area contributed by atoms with E-state index in [0.29, 0.717) is 36.4 Å². The SMILES string of the molecule is CCOc1cccc(N)c1C(=O)OC1CC(C)OC(C)C1. The first-order chi connectivity index (χ1) is 10.0. The summed E-state index contributed by atoms with van der Waals surface area (Å²) < 4.78 is 16.7. The van der Waals surface area contributed by atoms with Gasteiger partial charge in [-0.3, -0.25) is 0 Å². The van der Waals surface area contributed by atoms with Crippen molar-refractivity contribution in [2.45, 2.75) is 51.9 Å². The van der Waals surface area contributed by atoms with E-state index in [0.717, 1.165) is 0 Å². The molecular formula is C16H23NO4. The maximum absolute atomic E-state index is 12.4. The molecule has 1 aromatic carbocycles. The molecule has 1 aromatic rings. The van der Waals surface area contributed by atoms with Gasteiger partial charge in [0.1, 0.15) is 17.4 Å². The first kappa shape index (κ1) is 15.6. The molecule has 21 heavy (non-hydrogen) atoms. The summed E-state index contributed by atoms with van der Waals surface area (Å²) in [6.07, 6.45) is 1.43. The van der Waals surface area contributed by atoms with E-state index in [2.05, 4.69) is 0 Å². The molecule has 0 amide bonds. The summed E-state index contributed by atoms with van der Waals surface area (Å²) in [5, 5.41) is 0. The molecule has 2 unspecified atom stereocenters. The van der Waals surface area contributed by atoms with Gasteiger partial charge in [0.05, 0.1) is 18.8 Å². The molecule has 2 rings (SSSR count). The lowest BCUT2D eigenvalue weighted by Gasteiger charge is -2.31. The van der Waals surface area contributed by atoms with Gasteiger partial charge in [0.15, 0.2) is 0 Å². The van der Waals surface area contributed by atoms with Crippen LogP contribution >= 0.6 is 0 Å². The topological polar surface area (TPSA) is 70.8 Å². The minimum Gasteiger partial charge on any atom is -0.493 e. The minimum absolute atomic E-state index is 0.0889. The number of hydrogen-bond donors (Lipinski definition) is 1. The van der Waals surface area contributed by atoms with Crippen molar-refractivity contribution in [2.24, 2.45) is 0 Å². The van der Waals surface area contributed by atoms with Gasteiger partial charge in [0.25, 0.3) is 0 Å². The van der Waals surface area contributed by atoms with Crippen molar-refractivity contribution < 1.29 is 19.0 Å². The van der Waals surface area contributed by atoms with E-state index in [9.17, 15) is 4.79 Å². The molecule has 0 bridgehead atoms. The van der Waals surface area contributed by atoms with Crippen LogP contribution in [0.1, 0.15) is 44.0 Å². The first-order valence-electron chi connectivity index (χ1n) is 7.39. The molecule has 1 saturated heterocycles. The Labute approximate surface area is 125 Å².